The Balaban J connectivity index is 2.25. The van der Waals surface area contributed by atoms with Crippen molar-refractivity contribution in [3.05, 3.63) is 30.3 Å². The number of rotatable bonds is 6. The van der Waals surface area contributed by atoms with E-state index in [4.69, 9.17) is 0 Å². The van der Waals surface area contributed by atoms with Crippen LogP contribution in [-0.4, -0.2) is 12.0 Å². The summed E-state index contributed by atoms with van der Waals surface area (Å²) in [5, 5.41) is 0. The third-order valence-electron chi connectivity index (χ3n) is 2.45. The summed E-state index contributed by atoms with van der Waals surface area (Å²) in [5.74, 6) is 1.37. The predicted molar refractivity (Wildman–Crippen MR) is 67.0 cm³/mol. The van der Waals surface area contributed by atoms with Crippen LogP contribution >= 0.6 is 0 Å². The summed E-state index contributed by atoms with van der Waals surface area (Å²) in [7, 11) is 0.463. The first-order chi connectivity index (χ1) is 6.84. The highest BCUT2D eigenvalue weighted by molar-refractivity contribution is 7.96. The molecule has 0 aliphatic heterocycles. The van der Waals surface area contributed by atoms with Gasteiger partial charge in [0.2, 0.25) is 0 Å². The Morgan fingerprint density at radius 3 is 2.36 bits per heavy atom. The smallest absolute Gasteiger partial charge is 0.0654 e. The topological polar surface area (TPSA) is 0 Å². The zero-order chi connectivity index (χ0) is 10.2. The third-order valence-corrected chi connectivity index (χ3v) is 4.43. The van der Waals surface area contributed by atoms with Gasteiger partial charge in [-0.05, 0) is 25.0 Å². The highest BCUT2D eigenvalue weighted by Gasteiger charge is 2.12. The largest absolute Gasteiger partial charge is 0.154 e. The van der Waals surface area contributed by atoms with Crippen LogP contribution in [0.25, 0.3) is 0 Å². The summed E-state index contributed by atoms with van der Waals surface area (Å²) in [6, 6.07) is 10.9. The van der Waals surface area contributed by atoms with E-state index in [0.717, 1.165) is 0 Å². The van der Waals surface area contributed by atoms with Crippen molar-refractivity contribution in [2.45, 2.75) is 37.5 Å². The second kappa shape index (κ2) is 6.94. The molecule has 0 fully saturated rings. The van der Waals surface area contributed by atoms with Gasteiger partial charge in [-0.1, -0.05) is 38.0 Å². The van der Waals surface area contributed by atoms with Crippen LogP contribution in [0.5, 0.6) is 0 Å². The number of benzene rings is 1. The predicted octanol–water partition coefficient (Wildman–Crippen LogP) is 3.87. The van der Waals surface area contributed by atoms with Crippen LogP contribution in [0.3, 0.4) is 0 Å². The van der Waals surface area contributed by atoms with Crippen molar-refractivity contribution in [3.63, 3.8) is 0 Å². The van der Waals surface area contributed by atoms with Gasteiger partial charge in [-0.15, -0.1) is 0 Å². The second-order valence-electron chi connectivity index (χ2n) is 3.71. The highest BCUT2D eigenvalue weighted by Crippen LogP contribution is 2.13. The second-order valence-corrected chi connectivity index (χ2v) is 5.87. The molecule has 0 heterocycles. The third kappa shape index (κ3) is 4.19. The van der Waals surface area contributed by atoms with Gasteiger partial charge in [0, 0.05) is 10.9 Å². The number of hydrogen-bond acceptors (Lipinski definition) is 0. The maximum absolute atomic E-state index is 2.36. The van der Waals surface area contributed by atoms with Gasteiger partial charge in [0.25, 0.3) is 0 Å². The zero-order valence-corrected chi connectivity index (χ0v) is 10.1. The van der Waals surface area contributed by atoms with Gasteiger partial charge in [-0.25, -0.2) is 0 Å². The van der Waals surface area contributed by atoms with Crippen LogP contribution in [-0.2, 0) is 10.9 Å². The van der Waals surface area contributed by atoms with E-state index in [1.807, 2.05) is 0 Å². The molecule has 0 radical (unpaired) electrons. The summed E-state index contributed by atoms with van der Waals surface area (Å²) in [6.07, 6.45) is 7.89. The van der Waals surface area contributed by atoms with Crippen molar-refractivity contribution >= 4 is 10.9 Å². The summed E-state index contributed by atoms with van der Waals surface area (Å²) >= 11 is 0. The highest BCUT2D eigenvalue weighted by atomic mass is 32.2. The fraction of sp³-hybridized carbons (Fsp3) is 0.538. The van der Waals surface area contributed by atoms with Gasteiger partial charge in [0.15, 0.2) is 4.90 Å². The molecule has 0 saturated heterocycles. The minimum absolute atomic E-state index is 0.463. The molecule has 0 spiro atoms. The molecular weight excluding hydrogens is 188 g/mol. The fourth-order valence-electron chi connectivity index (χ4n) is 1.52. The Kier molecular flexibility index (Phi) is 5.77. The molecule has 0 aliphatic rings. The molecule has 78 valence electrons. The van der Waals surface area contributed by atoms with Crippen LogP contribution in [0.1, 0.15) is 32.6 Å². The molecule has 14 heavy (non-hydrogen) atoms. The molecule has 0 saturated carbocycles. The van der Waals surface area contributed by atoms with Crippen molar-refractivity contribution in [2.75, 3.05) is 12.0 Å². The molecule has 1 heteroatoms. The van der Waals surface area contributed by atoms with Gasteiger partial charge >= 0.3 is 0 Å². The Morgan fingerprint density at radius 2 is 1.71 bits per heavy atom. The Labute approximate surface area is 91.1 Å². The van der Waals surface area contributed by atoms with Crippen LogP contribution in [0.4, 0.5) is 0 Å². The monoisotopic (exact) mass is 209 g/mol. The maximum Gasteiger partial charge on any atom is 0.154 e. The maximum atomic E-state index is 2.36. The number of unbranched alkanes of at least 4 members (excludes halogenated alkanes) is 3. The minimum Gasteiger partial charge on any atom is -0.0654 e. The first-order valence-corrected chi connectivity index (χ1v) is 7.32. The minimum atomic E-state index is 0.463. The molecule has 0 nitrogen and oxygen atoms in total. The van der Waals surface area contributed by atoms with E-state index in [-0.39, 0.29) is 0 Å². The van der Waals surface area contributed by atoms with Crippen molar-refractivity contribution < 1.29 is 0 Å². The Morgan fingerprint density at radius 1 is 1.00 bits per heavy atom. The molecule has 0 amide bonds. The molecule has 0 aromatic heterocycles. The lowest BCUT2D eigenvalue weighted by atomic mass is 10.2. The van der Waals surface area contributed by atoms with Crippen molar-refractivity contribution in [1.29, 1.82) is 0 Å². The van der Waals surface area contributed by atoms with Crippen LogP contribution in [0, 0.1) is 0 Å². The Hall–Kier alpha value is -0.430. The molecule has 1 unspecified atom stereocenters. The van der Waals surface area contributed by atoms with E-state index >= 15 is 0 Å². The van der Waals surface area contributed by atoms with Gasteiger partial charge in [-0.2, -0.15) is 0 Å². The van der Waals surface area contributed by atoms with E-state index < -0.39 is 0 Å². The molecular formula is C13H21S+. The van der Waals surface area contributed by atoms with E-state index in [9.17, 15) is 0 Å². The van der Waals surface area contributed by atoms with Crippen molar-refractivity contribution in [3.8, 4) is 0 Å². The van der Waals surface area contributed by atoms with Gasteiger partial charge in [-0.3, -0.25) is 0 Å². The van der Waals surface area contributed by atoms with Crippen LogP contribution < -0.4 is 0 Å². The van der Waals surface area contributed by atoms with E-state index in [1.165, 1.54) is 36.3 Å². The van der Waals surface area contributed by atoms with Crippen molar-refractivity contribution in [1.82, 2.24) is 0 Å². The summed E-state index contributed by atoms with van der Waals surface area (Å²) < 4.78 is 0. The first kappa shape index (κ1) is 11.6. The summed E-state index contributed by atoms with van der Waals surface area (Å²) in [4.78, 5) is 1.52. The molecule has 1 aromatic carbocycles. The van der Waals surface area contributed by atoms with Gasteiger partial charge < -0.3 is 0 Å². The lowest BCUT2D eigenvalue weighted by Gasteiger charge is -2.02. The molecule has 1 aromatic rings. The molecule has 0 N–H and O–H groups in total. The lowest BCUT2D eigenvalue weighted by molar-refractivity contribution is 0.705. The van der Waals surface area contributed by atoms with E-state index in [2.05, 4.69) is 43.5 Å². The summed E-state index contributed by atoms with van der Waals surface area (Å²) in [5.41, 5.74) is 0. The molecule has 0 bridgehead atoms. The first-order valence-electron chi connectivity index (χ1n) is 5.52. The van der Waals surface area contributed by atoms with E-state index in [1.54, 1.807) is 0 Å². The average molecular weight is 209 g/mol. The quantitative estimate of drug-likeness (QED) is 0.493. The van der Waals surface area contributed by atoms with Crippen LogP contribution in [0.15, 0.2) is 35.2 Å². The van der Waals surface area contributed by atoms with E-state index in [0.29, 0.717) is 10.9 Å². The normalized spacial score (nSPS) is 12.7. The number of hydrogen-bond donors (Lipinski definition) is 0. The lowest BCUT2D eigenvalue weighted by Crippen LogP contribution is -2.05. The molecule has 1 atom stereocenters. The zero-order valence-electron chi connectivity index (χ0n) is 9.33. The van der Waals surface area contributed by atoms with Crippen LogP contribution in [0.2, 0.25) is 0 Å². The Bertz CT molecular complexity index is 230. The molecule has 1 rings (SSSR count). The fourth-order valence-corrected chi connectivity index (χ4v) is 3.01. The average Bonchev–Trinajstić information content (AvgIpc) is 2.25. The standard InChI is InChI=1S/C13H21S/c1-3-4-5-9-12-14(2)13-10-7-6-8-11-13/h6-8,10-11H,3-5,9,12H2,1-2H3/q+1. The summed E-state index contributed by atoms with van der Waals surface area (Å²) in [6.45, 7) is 2.27. The molecule has 0 aliphatic carbocycles. The van der Waals surface area contributed by atoms with Gasteiger partial charge in [0.05, 0.1) is 0 Å². The SMILES string of the molecule is CCCCCC[S+](C)c1ccccc1. The van der Waals surface area contributed by atoms with Gasteiger partial charge in [0.1, 0.15) is 12.0 Å². The van der Waals surface area contributed by atoms with Crippen molar-refractivity contribution in [2.24, 2.45) is 0 Å².